The fourth-order valence-electron chi connectivity index (χ4n) is 1.94. The van der Waals surface area contributed by atoms with Gasteiger partial charge in [0.15, 0.2) is 0 Å². The van der Waals surface area contributed by atoms with Crippen LogP contribution in [0.5, 0.6) is 0 Å². The third-order valence-electron chi connectivity index (χ3n) is 3.07. The number of nitrogens with one attached hydrogen (secondary N) is 1. The maximum absolute atomic E-state index is 7.35. The maximum Gasteiger partial charge on any atom is 0.122 e. The van der Waals surface area contributed by atoms with Crippen molar-refractivity contribution in [2.75, 3.05) is 13.6 Å². The second-order valence-corrected chi connectivity index (χ2v) is 5.27. The number of halogens is 1. The molecule has 0 aromatic heterocycles. The van der Waals surface area contributed by atoms with Gasteiger partial charge in [-0.05, 0) is 37.4 Å². The van der Waals surface area contributed by atoms with Gasteiger partial charge in [0, 0.05) is 23.7 Å². The van der Waals surface area contributed by atoms with Crippen LogP contribution in [-0.2, 0) is 6.54 Å². The SMILES string of the molecule is CN(Cc1ccc(C(=N)N)cc1Cl)CC1CC1. The lowest BCUT2D eigenvalue weighted by molar-refractivity contribution is 0.313. The first-order valence-electron chi connectivity index (χ1n) is 5.87. The number of hydrogen-bond acceptors (Lipinski definition) is 2. The van der Waals surface area contributed by atoms with Gasteiger partial charge in [-0.15, -0.1) is 0 Å². The molecule has 1 aliphatic carbocycles. The molecule has 1 aromatic carbocycles. The third-order valence-corrected chi connectivity index (χ3v) is 3.42. The largest absolute Gasteiger partial charge is 0.384 e. The van der Waals surface area contributed by atoms with Crippen LogP contribution in [-0.4, -0.2) is 24.3 Å². The van der Waals surface area contributed by atoms with Crippen molar-refractivity contribution in [1.29, 1.82) is 5.41 Å². The summed E-state index contributed by atoms with van der Waals surface area (Å²) in [7, 11) is 2.12. The molecular formula is C13H18ClN3. The summed E-state index contributed by atoms with van der Waals surface area (Å²) < 4.78 is 0. The fraction of sp³-hybridized carbons (Fsp3) is 0.462. The van der Waals surface area contributed by atoms with E-state index >= 15 is 0 Å². The van der Waals surface area contributed by atoms with E-state index in [-0.39, 0.29) is 5.84 Å². The normalized spacial score (nSPS) is 15.2. The lowest BCUT2D eigenvalue weighted by Crippen LogP contribution is -2.20. The van der Waals surface area contributed by atoms with Gasteiger partial charge < -0.3 is 10.6 Å². The van der Waals surface area contributed by atoms with E-state index in [9.17, 15) is 0 Å². The quantitative estimate of drug-likeness (QED) is 0.624. The molecule has 2 rings (SSSR count). The second kappa shape index (κ2) is 5.07. The lowest BCUT2D eigenvalue weighted by Gasteiger charge is -2.17. The van der Waals surface area contributed by atoms with Crippen molar-refractivity contribution < 1.29 is 0 Å². The predicted octanol–water partition coefficient (Wildman–Crippen LogP) is 2.47. The highest BCUT2D eigenvalue weighted by Crippen LogP contribution is 2.30. The van der Waals surface area contributed by atoms with Gasteiger partial charge in [0.1, 0.15) is 5.84 Å². The Morgan fingerprint density at radius 2 is 2.24 bits per heavy atom. The minimum atomic E-state index is 0.0600. The maximum atomic E-state index is 7.35. The van der Waals surface area contributed by atoms with Crippen LogP contribution in [0, 0.1) is 11.3 Å². The molecule has 0 bridgehead atoms. The van der Waals surface area contributed by atoms with Gasteiger partial charge in [-0.1, -0.05) is 23.7 Å². The summed E-state index contributed by atoms with van der Waals surface area (Å²) >= 11 is 6.19. The average molecular weight is 252 g/mol. The summed E-state index contributed by atoms with van der Waals surface area (Å²) in [5.41, 5.74) is 7.20. The molecule has 1 aromatic rings. The average Bonchev–Trinajstić information content (AvgIpc) is 3.04. The van der Waals surface area contributed by atoms with E-state index in [0.717, 1.165) is 24.6 Å². The van der Waals surface area contributed by atoms with E-state index < -0.39 is 0 Å². The van der Waals surface area contributed by atoms with Gasteiger partial charge in [-0.3, -0.25) is 5.41 Å². The van der Waals surface area contributed by atoms with Crippen molar-refractivity contribution in [3.05, 3.63) is 34.3 Å². The van der Waals surface area contributed by atoms with Crippen molar-refractivity contribution in [2.45, 2.75) is 19.4 Å². The van der Waals surface area contributed by atoms with Crippen LogP contribution >= 0.6 is 11.6 Å². The highest BCUT2D eigenvalue weighted by atomic mass is 35.5. The number of amidine groups is 1. The zero-order valence-corrected chi connectivity index (χ0v) is 10.8. The monoisotopic (exact) mass is 251 g/mol. The summed E-state index contributed by atoms with van der Waals surface area (Å²) in [6, 6.07) is 5.58. The number of nitrogens with two attached hydrogens (primary N) is 1. The molecule has 0 spiro atoms. The van der Waals surface area contributed by atoms with E-state index in [0.29, 0.717) is 10.6 Å². The van der Waals surface area contributed by atoms with Gasteiger partial charge in [-0.25, -0.2) is 0 Å². The molecule has 4 heteroatoms. The summed E-state index contributed by atoms with van der Waals surface area (Å²) in [5.74, 6) is 0.944. The van der Waals surface area contributed by atoms with Crippen LogP contribution in [0.1, 0.15) is 24.0 Å². The number of nitrogens with zero attached hydrogens (tertiary/aromatic N) is 1. The van der Waals surface area contributed by atoms with Crippen LogP contribution in [0.2, 0.25) is 5.02 Å². The molecule has 0 atom stereocenters. The summed E-state index contributed by atoms with van der Waals surface area (Å²) in [5, 5.41) is 8.05. The Kier molecular flexibility index (Phi) is 3.69. The first-order chi connectivity index (χ1) is 8.06. The number of nitrogen functional groups attached to an aromatic ring is 1. The van der Waals surface area contributed by atoms with Crippen LogP contribution in [0.3, 0.4) is 0 Å². The molecule has 92 valence electrons. The number of hydrogen-bond donors (Lipinski definition) is 2. The van der Waals surface area contributed by atoms with Crippen molar-refractivity contribution in [1.82, 2.24) is 4.90 Å². The van der Waals surface area contributed by atoms with Crippen molar-refractivity contribution in [2.24, 2.45) is 11.7 Å². The topological polar surface area (TPSA) is 53.1 Å². The van der Waals surface area contributed by atoms with Crippen molar-refractivity contribution in [3.8, 4) is 0 Å². The fourth-order valence-corrected chi connectivity index (χ4v) is 2.18. The molecule has 0 amide bonds. The first-order valence-corrected chi connectivity index (χ1v) is 6.25. The van der Waals surface area contributed by atoms with Gasteiger partial charge in [-0.2, -0.15) is 0 Å². The molecule has 0 radical (unpaired) electrons. The summed E-state index contributed by atoms with van der Waals surface area (Å²) in [6.45, 7) is 2.00. The minimum absolute atomic E-state index is 0.0600. The predicted molar refractivity (Wildman–Crippen MR) is 71.5 cm³/mol. The van der Waals surface area contributed by atoms with Gasteiger partial charge >= 0.3 is 0 Å². The Labute approximate surface area is 107 Å². The summed E-state index contributed by atoms with van der Waals surface area (Å²) in [4.78, 5) is 2.30. The third kappa shape index (κ3) is 3.45. The molecule has 17 heavy (non-hydrogen) atoms. The molecule has 1 fully saturated rings. The highest BCUT2D eigenvalue weighted by Gasteiger charge is 2.22. The van der Waals surface area contributed by atoms with E-state index in [4.69, 9.17) is 22.7 Å². The zero-order valence-electron chi connectivity index (χ0n) is 10.0. The molecular weight excluding hydrogens is 234 g/mol. The van der Waals surface area contributed by atoms with Crippen LogP contribution in [0.4, 0.5) is 0 Å². The Balaban J connectivity index is 2.02. The zero-order chi connectivity index (χ0) is 12.4. The van der Waals surface area contributed by atoms with Crippen molar-refractivity contribution in [3.63, 3.8) is 0 Å². The molecule has 0 saturated heterocycles. The van der Waals surface area contributed by atoms with E-state index in [1.807, 2.05) is 12.1 Å². The van der Waals surface area contributed by atoms with Crippen LogP contribution in [0.15, 0.2) is 18.2 Å². The number of benzene rings is 1. The van der Waals surface area contributed by atoms with Gasteiger partial charge in [0.25, 0.3) is 0 Å². The van der Waals surface area contributed by atoms with Gasteiger partial charge in [0.05, 0.1) is 0 Å². The second-order valence-electron chi connectivity index (χ2n) is 4.86. The minimum Gasteiger partial charge on any atom is -0.384 e. The molecule has 3 N–H and O–H groups in total. The molecule has 1 saturated carbocycles. The molecule has 3 nitrogen and oxygen atoms in total. The summed E-state index contributed by atoms with van der Waals surface area (Å²) in [6.07, 6.45) is 2.72. The molecule has 0 unspecified atom stereocenters. The van der Waals surface area contributed by atoms with E-state index in [2.05, 4.69) is 11.9 Å². The first kappa shape index (κ1) is 12.4. The highest BCUT2D eigenvalue weighted by molar-refractivity contribution is 6.31. The van der Waals surface area contributed by atoms with Crippen LogP contribution < -0.4 is 5.73 Å². The van der Waals surface area contributed by atoms with E-state index in [1.54, 1.807) is 6.07 Å². The van der Waals surface area contributed by atoms with Crippen LogP contribution in [0.25, 0.3) is 0 Å². The smallest absolute Gasteiger partial charge is 0.122 e. The Bertz CT molecular complexity index is 427. The van der Waals surface area contributed by atoms with E-state index in [1.165, 1.54) is 12.8 Å². The van der Waals surface area contributed by atoms with Crippen molar-refractivity contribution >= 4 is 17.4 Å². The van der Waals surface area contributed by atoms with Gasteiger partial charge in [0.2, 0.25) is 0 Å². The molecule has 0 heterocycles. The lowest BCUT2D eigenvalue weighted by atomic mass is 10.1. The molecule has 1 aliphatic rings. The Morgan fingerprint density at radius 1 is 1.53 bits per heavy atom. The number of rotatable bonds is 5. The standard InChI is InChI=1S/C13H18ClN3/c1-17(7-9-2-3-9)8-11-5-4-10(13(15)16)6-12(11)14/h4-6,9H,2-3,7-8H2,1H3,(H3,15,16). The Morgan fingerprint density at radius 3 is 2.76 bits per heavy atom. The molecule has 0 aliphatic heterocycles. The Hall–Kier alpha value is -1.06.